The smallest absolute Gasteiger partial charge is 0.242 e. The summed E-state index contributed by atoms with van der Waals surface area (Å²) < 4.78 is 18.7. The maximum atomic E-state index is 13.0. The number of ether oxygens (including phenoxy) is 1. The van der Waals surface area contributed by atoms with E-state index in [9.17, 15) is 9.18 Å². The number of carbonyl (C=O) groups is 1. The number of hydrogen-bond donors (Lipinski definition) is 1. The summed E-state index contributed by atoms with van der Waals surface area (Å²) in [6.07, 6.45) is -0.204. The van der Waals surface area contributed by atoms with Crippen LogP contribution in [0, 0.1) is 5.82 Å². The number of halogens is 1. The first-order valence-electron chi connectivity index (χ1n) is 7.66. The van der Waals surface area contributed by atoms with Gasteiger partial charge in [0, 0.05) is 12.2 Å². The van der Waals surface area contributed by atoms with Gasteiger partial charge < -0.3 is 15.0 Å². The second-order valence-corrected chi connectivity index (χ2v) is 5.47. The van der Waals surface area contributed by atoms with Crippen molar-refractivity contribution in [2.45, 2.75) is 6.10 Å². The zero-order valence-electron chi connectivity index (χ0n) is 12.7. The second kappa shape index (κ2) is 7.24. The summed E-state index contributed by atoms with van der Waals surface area (Å²) in [5.74, 6) is -0.242. The highest BCUT2D eigenvalue weighted by atomic mass is 19.1. The summed E-state index contributed by atoms with van der Waals surface area (Å²) in [4.78, 5) is 14.1. The Kier molecular flexibility index (Phi) is 4.88. The lowest BCUT2D eigenvalue weighted by atomic mass is 10.1. The highest BCUT2D eigenvalue weighted by molar-refractivity contribution is 5.81. The molecule has 0 bridgehead atoms. The number of para-hydroxylation sites is 1. The molecule has 23 heavy (non-hydrogen) atoms. The van der Waals surface area contributed by atoms with Gasteiger partial charge in [0.05, 0.1) is 19.7 Å². The molecule has 2 aromatic carbocycles. The lowest BCUT2D eigenvalue weighted by Gasteiger charge is -2.33. The monoisotopic (exact) mass is 314 g/mol. The second-order valence-electron chi connectivity index (χ2n) is 5.47. The van der Waals surface area contributed by atoms with Gasteiger partial charge in [-0.15, -0.1) is 0 Å². The quantitative estimate of drug-likeness (QED) is 0.943. The van der Waals surface area contributed by atoms with E-state index in [1.807, 2.05) is 30.3 Å². The van der Waals surface area contributed by atoms with Crippen LogP contribution in [0.3, 0.4) is 0 Å². The van der Waals surface area contributed by atoms with Crippen molar-refractivity contribution in [1.29, 1.82) is 0 Å². The highest BCUT2D eigenvalue weighted by Gasteiger charge is 2.25. The average molecular weight is 314 g/mol. The number of rotatable bonds is 4. The lowest BCUT2D eigenvalue weighted by molar-refractivity contribution is -0.137. The van der Waals surface area contributed by atoms with Crippen molar-refractivity contribution >= 4 is 11.6 Å². The Morgan fingerprint density at radius 1 is 1.17 bits per heavy atom. The van der Waals surface area contributed by atoms with Crippen molar-refractivity contribution in [3.8, 4) is 0 Å². The summed E-state index contributed by atoms with van der Waals surface area (Å²) in [6.45, 7) is 1.80. The molecule has 2 aromatic rings. The molecule has 0 saturated carbocycles. The normalized spacial score (nSPS) is 17.8. The summed E-state index contributed by atoms with van der Waals surface area (Å²) in [7, 11) is 0. The zero-order valence-corrected chi connectivity index (χ0v) is 12.7. The Morgan fingerprint density at radius 3 is 2.65 bits per heavy atom. The van der Waals surface area contributed by atoms with E-state index in [1.165, 1.54) is 12.1 Å². The SMILES string of the molecule is O=C(CNc1ccccc1)N1CCOC(c2ccc(F)cc2)C1. The number of benzene rings is 2. The van der Waals surface area contributed by atoms with E-state index in [1.54, 1.807) is 17.0 Å². The molecule has 120 valence electrons. The molecule has 1 atom stereocenters. The fraction of sp³-hybridized carbons (Fsp3) is 0.278. The van der Waals surface area contributed by atoms with Crippen LogP contribution in [0.4, 0.5) is 10.1 Å². The third-order valence-electron chi connectivity index (χ3n) is 3.88. The maximum Gasteiger partial charge on any atom is 0.242 e. The van der Waals surface area contributed by atoms with Crippen molar-refractivity contribution in [3.63, 3.8) is 0 Å². The Morgan fingerprint density at radius 2 is 1.91 bits per heavy atom. The first-order valence-corrected chi connectivity index (χ1v) is 7.66. The molecule has 1 unspecified atom stereocenters. The van der Waals surface area contributed by atoms with Gasteiger partial charge in [0.2, 0.25) is 5.91 Å². The number of hydrogen-bond acceptors (Lipinski definition) is 3. The minimum atomic E-state index is -0.274. The van der Waals surface area contributed by atoms with E-state index in [0.29, 0.717) is 19.7 Å². The molecule has 1 fully saturated rings. The third kappa shape index (κ3) is 4.07. The first kappa shape index (κ1) is 15.5. The predicted molar refractivity (Wildman–Crippen MR) is 86.6 cm³/mol. The summed E-state index contributed by atoms with van der Waals surface area (Å²) >= 11 is 0. The molecule has 1 aliphatic rings. The fourth-order valence-electron chi connectivity index (χ4n) is 2.60. The molecule has 1 saturated heterocycles. The Labute approximate surface area is 134 Å². The highest BCUT2D eigenvalue weighted by Crippen LogP contribution is 2.22. The molecule has 1 N–H and O–H groups in total. The number of carbonyl (C=O) groups excluding carboxylic acids is 1. The first-order chi connectivity index (χ1) is 11.2. The van der Waals surface area contributed by atoms with E-state index >= 15 is 0 Å². The van der Waals surface area contributed by atoms with E-state index < -0.39 is 0 Å². The topological polar surface area (TPSA) is 41.6 Å². The van der Waals surface area contributed by atoms with Crippen LogP contribution >= 0.6 is 0 Å². The lowest BCUT2D eigenvalue weighted by Crippen LogP contribution is -2.44. The van der Waals surface area contributed by atoms with Crippen LogP contribution in [0.2, 0.25) is 0 Å². The molecular formula is C18H19FN2O2. The van der Waals surface area contributed by atoms with Crippen molar-refractivity contribution < 1.29 is 13.9 Å². The predicted octanol–water partition coefficient (Wildman–Crippen LogP) is 2.84. The molecule has 1 heterocycles. The molecule has 1 aliphatic heterocycles. The van der Waals surface area contributed by atoms with Gasteiger partial charge in [-0.1, -0.05) is 30.3 Å². The molecule has 5 heteroatoms. The van der Waals surface area contributed by atoms with Crippen LogP contribution < -0.4 is 5.32 Å². The zero-order chi connectivity index (χ0) is 16.1. The van der Waals surface area contributed by atoms with Crippen LogP contribution in [0.15, 0.2) is 54.6 Å². The van der Waals surface area contributed by atoms with Gasteiger partial charge in [-0.2, -0.15) is 0 Å². The van der Waals surface area contributed by atoms with Crippen molar-refractivity contribution in [3.05, 3.63) is 66.0 Å². The van der Waals surface area contributed by atoms with Crippen molar-refractivity contribution in [1.82, 2.24) is 4.90 Å². The molecule has 4 nitrogen and oxygen atoms in total. The minimum absolute atomic E-state index is 0.0317. The average Bonchev–Trinajstić information content (AvgIpc) is 2.61. The van der Waals surface area contributed by atoms with Crippen LogP contribution in [0.5, 0.6) is 0 Å². The minimum Gasteiger partial charge on any atom is -0.376 e. The van der Waals surface area contributed by atoms with Crippen molar-refractivity contribution in [2.75, 3.05) is 31.6 Å². The van der Waals surface area contributed by atoms with Gasteiger partial charge in [0.1, 0.15) is 11.9 Å². The summed E-state index contributed by atoms with van der Waals surface area (Å²) in [5, 5.41) is 3.12. The summed E-state index contributed by atoms with van der Waals surface area (Å²) in [5.41, 5.74) is 1.81. The largest absolute Gasteiger partial charge is 0.376 e. The molecule has 0 aromatic heterocycles. The fourth-order valence-corrected chi connectivity index (χ4v) is 2.60. The number of nitrogens with zero attached hydrogens (tertiary/aromatic N) is 1. The Bertz CT molecular complexity index is 646. The van der Waals surface area contributed by atoms with Gasteiger partial charge >= 0.3 is 0 Å². The molecule has 0 radical (unpaired) electrons. The Hall–Kier alpha value is -2.40. The van der Waals surface area contributed by atoms with Gasteiger partial charge in [-0.05, 0) is 29.8 Å². The maximum absolute atomic E-state index is 13.0. The van der Waals surface area contributed by atoms with E-state index in [2.05, 4.69) is 5.32 Å². The Balaban J connectivity index is 1.57. The van der Waals surface area contributed by atoms with E-state index in [0.717, 1.165) is 11.3 Å². The van der Waals surface area contributed by atoms with Gasteiger partial charge in [-0.3, -0.25) is 4.79 Å². The molecule has 0 aliphatic carbocycles. The van der Waals surface area contributed by atoms with Crippen LogP contribution in [0.25, 0.3) is 0 Å². The van der Waals surface area contributed by atoms with Crippen LogP contribution in [-0.2, 0) is 9.53 Å². The number of amides is 1. The molecular weight excluding hydrogens is 295 g/mol. The standard InChI is InChI=1S/C18H19FN2O2/c19-15-8-6-14(7-9-15)17-13-21(10-11-23-17)18(22)12-20-16-4-2-1-3-5-16/h1-9,17,20H,10-13H2. The molecule has 3 rings (SSSR count). The van der Waals surface area contributed by atoms with Gasteiger partial charge in [0.25, 0.3) is 0 Å². The van der Waals surface area contributed by atoms with Crippen LogP contribution in [0.1, 0.15) is 11.7 Å². The molecule has 0 spiro atoms. The third-order valence-corrected chi connectivity index (χ3v) is 3.88. The van der Waals surface area contributed by atoms with E-state index in [-0.39, 0.29) is 24.4 Å². The number of anilines is 1. The summed E-state index contributed by atoms with van der Waals surface area (Å²) in [6, 6.07) is 15.9. The number of nitrogens with one attached hydrogen (secondary N) is 1. The number of morpholine rings is 1. The van der Waals surface area contributed by atoms with Gasteiger partial charge in [0.15, 0.2) is 0 Å². The van der Waals surface area contributed by atoms with Gasteiger partial charge in [-0.25, -0.2) is 4.39 Å². The van der Waals surface area contributed by atoms with E-state index in [4.69, 9.17) is 4.74 Å². The van der Waals surface area contributed by atoms with Crippen LogP contribution in [-0.4, -0.2) is 37.0 Å². The molecule has 1 amide bonds. The van der Waals surface area contributed by atoms with Crippen molar-refractivity contribution in [2.24, 2.45) is 0 Å².